The number of thiocarbonyl (C=S) groups is 1. The van der Waals surface area contributed by atoms with Gasteiger partial charge in [-0.3, -0.25) is 5.43 Å². The Morgan fingerprint density at radius 1 is 1.36 bits per heavy atom. The van der Waals surface area contributed by atoms with E-state index in [0.29, 0.717) is 6.42 Å². The first-order chi connectivity index (χ1) is 6.74. The molecule has 0 aromatic heterocycles. The van der Waals surface area contributed by atoms with Crippen molar-refractivity contribution in [1.29, 1.82) is 0 Å². The summed E-state index contributed by atoms with van der Waals surface area (Å²) in [7, 11) is 0. The summed E-state index contributed by atoms with van der Waals surface area (Å²) in [6, 6.07) is 4.63. The van der Waals surface area contributed by atoms with Crippen molar-refractivity contribution in [2.45, 2.75) is 6.42 Å². The Labute approximate surface area is 86.9 Å². The Kier molecular flexibility index (Phi) is 3.87. The molecule has 1 aromatic carbocycles. The van der Waals surface area contributed by atoms with E-state index in [4.69, 9.17) is 10.2 Å². The number of hydrogen-bond donors (Lipinski definition) is 3. The van der Waals surface area contributed by atoms with E-state index in [-0.39, 0.29) is 11.5 Å². The van der Waals surface area contributed by atoms with Gasteiger partial charge in [0, 0.05) is 12.6 Å². The van der Waals surface area contributed by atoms with E-state index in [0.717, 1.165) is 5.56 Å². The number of hydrazone groups is 1. The second-order valence-corrected chi connectivity index (χ2v) is 2.82. The molecule has 74 valence electrons. The predicted molar refractivity (Wildman–Crippen MR) is 58.8 cm³/mol. The van der Waals surface area contributed by atoms with Crippen LogP contribution in [0.1, 0.15) is 5.56 Å². The highest BCUT2D eigenvalue weighted by Gasteiger charge is 1.98. The third-order valence-electron chi connectivity index (χ3n) is 1.59. The number of rotatable bonds is 4. The lowest BCUT2D eigenvalue weighted by Gasteiger charge is -1.99. The van der Waals surface area contributed by atoms with Crippen LogP contribution >= 0.6 is 12.2 Å². The molecule has 0 unspecified atom stereocenters. The van der Waals surface area contributed by atoms with Crippen molar-refractivity contribution in [3.63, 3.8) is 0 Å². The van der Waals surface area contributed by atoms with Crippen LogP contribution < -0.4 is 5.43 Å². The lowest BCUT2D eigenvalue weighted by molar-refractivity contribution is 0.403. The average molecular weight is 210 g/mol. The highest BCUT2D eigenvalue weighted by atomic mass is 32.1. The maximum atomic E-state index is 9.17. The smallest absolute Gasteiger partial charge is 0.157 e. The fourth-order valence-electron chi connectivity index (χ4n) is 0.930. The van der Waals surface area contributed by atoms with Gasteiger partial charge in [0.05, 0.1) is 5.49 Å². The van der Waals surface area contributed by atoms with E-state index in [9.17, 15) is 0 Å². The summed E-state index contributed by atoms with van der Waals surface area (Å²) < 4.78 is 0. The summed E-state index contributed by atoms with van der Waals surface area (Å²) in [5.41, 5.74) is 4.64. The van der Waals surface area contributed by atoms with E-state index in [2.05, 4.69) is 22.7 Å². The largest absolute Gasteiger partial charge is 0.504 e. The van der Waals surface area contributed by atoms with Crippen molar-refractivity contribution in [2.75, 3.05) is 0 Å². The minimum atomic E-state index is -0.126. The minimum absolute atomic E-state index is 0.122. The molecule has 0 aliphatic heterocycles. The molecule has 0 saturated carbocycles. The Morgan fingerprint density at radius 3 is 2.79 bits per heavy atom. The predicted octanol–water partition coefficient (Wildman–Crippen LogP) is 1.17. The van der Waals surface area contributed by atoms with E-state index in [1.165, 1.54) is 17.6 Å². The molecule has 0 fully saturated rings. The molecule has 0 spiro atoms. The first-order valence-corrected chi connectivity index (χ1v) is 4.42. The lowest BCUT2D eigenvalue weighted by Crippen LogP contribution is -1.99. The van der Waals surface area contributed by atoms with Gasteiger partial charge < -0.3 is 10.2 Å². The number of benzene rings is 1. The average Bonchev–Trinajstić information content (AvgIpc) is 2.18. The summed E-state index contributed by atoms with van der Waals surface area (Å²) in [4.78, 5) is 0. The molecule has 0 amide bonds. The molecule has 0 aliphatic carbocycles. The van der Waals surface area contributed by atoms with Gasteiger partial charge in [0.2, 0.25) is 0 Å². The van der Waals surface area contributed by atoms with Crippen molar-refractivity contribution >= 4 is 23.9 Å². The van der Waals surface area contributed by atoms with Gasteiger partial charge in [-0.05, 0) is 17.7 Å². The first kappa shape index (κ1) is 10.5. The van der Waals surface area contributed by atoms with Gasteiger partial charge >= 0.3 is 0 Å². The van der Waals surface area contributed by atoms with Crippen LogP contribution in [0.15, 0.2) is 23.3 Å². The van der Waals surface area contributed by atoms with E-state index >= 15 is 0 Å². The van der Waals surface area contributed by atoms with Gasteiger partial charge in [0.15, 0.2) is 11.5 Å². The molecule has 0 bridgehead atoms. The molecule has 1 rings (SSSR count). The molecule has 0 saturated heterocycles. The van der Waals surface area contributed by atoms with Gasteiger partial charge in [0.25, 0.3) is 0 Å². The van der Waals surface area contributed by atoms with Crippen LogP contribution in [-0.4, -0.2) is 21.9 Å². The van der Waals surface area contributed by atoms with Gasteiger partial charge in [-0.25, -0.2) is 0 Å². The number of phenolic OH excluding ortho intramolecular Hbond substituents is 2. The number of nitrogens with one attached hydrogen (secondary N) is 1. The van der Waals surface area contributed by atoms with Crippen LogP contribution in [0.5, 0.6) is 11.5 Å². The van der Waals surface area contributed by atoms with E-state index in [1.54, 1.807) is 12.3 Å². The lowest BCUT2D eigenvalue weighted by atomic mass is 10.1. The Hall–Kier alpha value is -1.62. The zero-order chi connectivity index (χ0) is 10.4. The van der Waals surface area contributed by atoms with Crippen molar-refractivity contribution in [1.82, 2.24) is 5.43 Å². The molecule has 0 aliphatic rings. The number of hydrogen-bond acceptors (Lipinski definition) is 4. The van der Waals surface area contributed by atoms with Crippen molar-refractivity contribution in [3.05, 3.63) is 23.8 Å². The van der Waals surface area contributed by atoms with Crippen molar-refractivity contribution < 1.29 is 10.2 Å². The van der Waals surface area contributed by atoms with Crippen LogP contribution in [0.3, 0.4) is 0 Å². The number of aromatic hydroxyl groups is 2. The maximum absolute atomic E-state index is 9.17. The molecule has 0 radical (unpaired) electrons. The first-order valence-electron chi connectivity index (χ1n) is 3.95. The molecular weight excluding hydrogens is 200 g/mol. The topological polar surface area (TPSA) is 64.9 Å². The zero-order valence-corrected chi connectivity index (χ0v) is 8.16. The Balaban J connectivity index is 2.59. The molecule has 14 heavy (non-hydrogen) atoms. The van der Waals surface area contributed by atoms with Crippen LogP contribution in [0.2, 0.25) is 0 Å². The quantitative estimate of drug-likeness (QED) is 0.302. The monoisotopic (exact) mass is 210 g/mol. The van der Waals surface area contributed by atoms with Crippen molar-refractivity contribution in [2.24, 2.45) is 5.10 Å². The normalized spacial score (nSPS) is 10.3. The Morgan fingerprint density at radius 2 is 2.14 bits per heavy atom. The molecule has 1 aromatic rings. The summed E-state index contributed by atoms with van der Waals surface area (Å²) in [5, 5.41) is 22.0. The molecule has 5 heteroatoms. The van der Waals surface area contributed by atoms with Crippen LogP contribution in [0.4, 0.5) is 0 Å². The summed E-state index contributed by atoms with van der Waals surface area (Å²) >= 11 is 4.50. The van der Waals surface area contributed by atoms with Crippen LogP contribution in [0.25, 0.3) is 0 Å². The van der Waals surface area contributed by atoms with E-state index in [1.807, 2.05) is 0 Å². The fraction of sp³-hybridized carbons (Fsp3) is 0.111. The van der Waals surface area contributed by atoms with E-state index < -0.39 is 0 Å². The second-order valence-electron chi connectivity index (χ2n) is 2.59. The summed E-state index contributed by atoms with van der Waals surface area (Å²) in [6.45, 7) is 0. The minimum Gasteiger partial charge on any atom is -0.504 e. The van der Waals surface area contributed by atoms with Gasteiger partial charge in [-0.2, -0.15) is 5.10 Å². The highest BCUT2D eigenvalue weighted by molar-refractivity contribution is 7.78. The molecular formula is C9H10N2O2S. The van der Waals surface area contributed by atoms with Gasteiger partial charge in [0.1, 0.15) is 0 Å². The Bertz CT molecular complexity index is 353. The van der Waals surface area contributed by atoms with Crippen molar-refractivity contribution in [3.8, 4) is 11.5 Å². The van der Waals surface area contributed by atoms with Crippen LogP contribution in [-0.2, 0) is 6.42 Å². The zero-order valence-electron chi connectivity index (χ0n) is 7.34. The highest BCUT2D eigenvalue weighted by Crippen LogP contribution is 2.24. The third-order valence-corrected chi connectivity index (χ3v) is 1.69. The maximum Gasteiger partial charge on any atom is 0.157 e. The number of phenols is 2. The third kappa shape index (κ3) is 3.02. The molecule has 3 N–H and O–H groups in total. The fourth-order valence-corrected chi connectivity index (χ4v) is 0.991. The standard InChI is InChI=1S/C9H10N2O2S/c12-8-2-1-7(5-9(8)13)3-4-10-11-6-14/h1-2,4-6,12-13H,3H2,(H,11,14). The SMILES string of the molecule is Oc1ccc(CC=NNC=S)cc1O. The second kappa shape index (κ2) is 5.18. The molecule has 0 atom stereocenters. The number of nitrogens with zero attached hydrogens (tertiary/aromatic N) is 1. The summed E-state index contributed by atoms with van der Waals surface area (Å²) in [6.07, 6.45) is 2.18. The summed E-state index contributed by atoms with van der Waals surface area (Å²) in [5.74, 6) is -0.249. The molecule has 4 nitrogen and oxygen atoms in total. The van der Waals surface area contributed by atoms with Gasteiger partial charge in [-0.15, -0.1) is 0 Å². The molecule has 0 heterocycles. The van der Waals surface area contributed by atoms with Gasteiger partial charge in [-0.1, -0.05) is 18.3 Å². The van der Waals surface area contributed by atoms with Crippen LogP contribution in [0, 0.1) is 0 Å².